The molecule has 78 heavy (non-hydrogen) atoms. The average molecular weight is 1090 g/mol. The van der Waals surface area contributed by atoms with E-state index in [1.54, 1.807) is 0 Å². The Kier molecular flexibility index (Phi) is 63.2. The van der Waals surface area contributed by atoms with E-state index < -0.39 is 6.10 Å². The maximum absolute atomic E-state index is 12.9. The molecule has 0 aromatic heterocycles. The number of carbonyl (C=O) groups excluding carboxylic acids is 3. The summed E-state index contributed by atoms with van der Waals surface area (Å²) in [7, 11) is 0. The van der Waals surface area contributed by atoms with E-state index in [4.69, 9.17) is 14.2 Å². The van der Waals surface area contributed by atoms with Gasteiger partial charge in [-0.3, -0.25) is 14.4 Å². The maximum atomic E-state index is 12.9. The summed E-state index contributed by atoms with van der Waals surface area (Å²) in [5.41, 5.74) is 0. The lowest BCUT2D eigenvalue weighted by Gasteiger charge is -2.18. The normalized spacial score (nSPS) is 12.6. The van der Waals surface area contributed by atoms with Crippen molar-refractivity contribution < 1.29 is 28.6 Å². The van der Waals surface area contributed by atoms with Crippen LogP contribution in [0.4, 0.5) is 0 Å². The number of carbonyl (C=O) groups is 3. The molecule has 0 saturated carbocycles. The highest BCUT2D eigenvalue weighted by Crippen LogP contribution is 2.17. The molecule has 0 aromatic rings. The molecule has 0 aliphatic carbocycles. The summed E-state index contributed by atoms with van der Waals surface area (Å²) >= 11 is 0. The minimum atomic E-state index is -0.776. The fourth-order valence-electron chi connectivity index (χ4n) is 9.62. The molecule has 0 radical (unpaired) electrons. The van der Waals surface area contributed by atoms with Gasteiger partial charge in [-0.1, -0.05) is 305 Å². The zero-order valence-electron chi connectivity index (χ0n) is 51.7. The van der Waals surface area contributed by atoms with Gasteiger partial charge >= 0.3 is 17.9 Å². The molecule has 0 spiro atoms. The first-order valence-corrected chi connectivity index (χ1v) is 33.6. The molecule has 0 saturated heterocycles. The highest BCUT2D eigenvalue weighted by molar-refractivity contribution is 5.71. The van der Waals surface area contributed by atoms with Crippen LogP contribution in [0.1, 0.15) is 335 Å². The van der Waals surface area contributed by atoms with Crippen molar-refractivity contribution >= 4 is 17.9 Å². The smallest absolute Gasteiger partial charge is 0.306 e. The number of esters is 3. The molecule has 1 atom stereocenters. The van der Waals surface area contributed by atoms with Crippen LogP contribution in [-0.4, -0.2) is 37.2 Å². The molecule has 0 fully saturated rings. The van der Waals surface area contributed by atoms with Gasteiger partial charge in [-0.25, -0.2) is 0 Å². The van der Waals surface area contributed by atoms with Crippen molar-refractivity contribution in [2.75, 3.05) is 13.2 Å². The third-order valence-electron chi connectivity index (χ3n) is 14.6. The summed E-state index contributed by atoms with van der Waals surface area (Å²) in [5.74, 6) is -0.879. The summed E-state index contributed by atoms with van der Waals surface area (Å²) in [4.78, 5) is 38.1. The molecule has 0 rings (SSSR count). The van der Waals surface area contributed by atoms with Gasteiger partial charge in [-0.05, 0) is 96.3 Å². The van der Waals surface area contributed by atoms with E-state index >= 15 is 0 Å². The van der Waals surface area contributed by atoms with Crippen LogP contribution < -0.4 is 0 Å². The first-order chi connectivity index (χ1) is 38.5. The van der Waals surface area contributed by atoms with Gasteiger partial charge in [0.15, 0.2) is 6.10 Å². The SMILES string of the molecule is CC/C=C\C/C=C\C/C=C\C/C=C\CCCCCCCCCCCCCCCCCCCCC(=O)OCC(COC(=O)CCCCCCCC)OC(=O)CCCCCCCCCC/C=C\C/C=C\C/C=C\CCCCCCC. The van der Waals surface area contributed by atoms with Crippen LogP contribution in [0.2, 0.25) is 0 Å². The van der Waals surface area contributed by atoms with Gasteiger partial charge in [0.2, 0.25) is 0 Å². The highest BCUT2D eigenvalue weighted by Gasteiger charge is 2.19. The molecule has 0 aliphatic heterocycles. The zero-order valence-corrected chi connectivity index (χ0v) is 51.7. The van der Waals surface area contributed by atoms with Gasteiger partial charge in [0.1, 0.15) is 13.2 Å². The van der Waals surface area contributed by atoms with Crippen LogP contribution in [0.25, 0.3) is 0 Å². The molecule has 6 heteroatoms. The molecular formula is C72H126O6. The zero-order chi connectivity index (χ0) is 56.4. The molecule has 0 aromatic carbocycles. The lowest BCUT2D eigenvalue weighted by Crippen LogP contribution is -2.30. The van der Waals surface area contributed by atoms with E-state index in [0.29, 0.717) is 19.3 Å². The Morgan fingerprint density at radius 2 is 0.500 bits per heavy atom. The van der Waals surface area contributed by atoms with Crippen molar-refractivity contribution in [3.8, 4) is 0 Å². The van der Waals surface area contributed by atoms with Crippen LogP contribution in [-0.2, 0) is 28.6 Å². The number of unbranched alkanes of at least 4 members (excludes halogenated alkanes) is 36. The van der Waals surface area contributed by atoms with Gasteiger partial charge in [0, 0.05) is 19.3 Å². The monoisotopic (exact) mass is 1090 g/mol. The van der Waals surface area contributed by atoms with Crippen molar-refractivity contribution in [3.63, 3.8) is 0 Å². The topological polar surface area (TPSA) is 78.9 Å². The first-order valence-electron chi connectivity index (χ1n) is 33.6. The number of ether oxygens (including phenoxy) is 3. The second-order valence-electron chi connectivity index (χ2n) is 22.4. The van der Waals surface area contributed by atoms with Crippen molar-refractivity contribution in [1.82, 2.24) is 0 Å². The lowest BCUT2D eigenvalue weighted by molar-refractivity contribution is -0.167. The Bertz CT molecular complexity index is 1480. The van der Waals surface area contributed by atoms with Crippen LogP contribution in [0.3, 0.4) is 0 Å². The molecule has 6 nitrogen and oxygen atoms in total. The Labute approximate surface area is 484 Å². The van der Waals surface area contributed by atoms with Crippen LogP contribution in [0, 0.1) is 0 Å². The summed E-state index contributed by atoms with van der Waals surface area (Å²) in [5, 5.41) is 0. The van der Waals surface area contributed by atoms with E-state index in [9.17, 15) is 14.4 Å². The molecule has 450 valence electrons. The molecule has 1 unspecified atom stereocenters. The molecule has 0 bridgehead atoms. The maximum Gasteiger partial charge on any atom is 0.306 e. The predicted molar refractivity (Wildman–Crippen MR) is 339 cm³/mol. The summed E-state index contributed by atoms with van der Waals surface area (Å²) in [6, 6.07) is 0. The van der Waals surface area contributed by atoms with Crippen LogP contribution in [0.15, 0.2) is 85.1 Å². The number of hydrogen-bond donors (Lipinski definition) is 0. The molecular weight excluding hydrogens is 961 g/mol. The molecule has 0 heterocycles. The predicted octanol–water partition coefficient (Wildman–Crippen LogP) is 23.1. The number of allylic oxidation sites excluding steroid dienone is 14. The lowest BCUT2D eigenvalue weighted by atomic mass is 10.0. The average Bonchev–Trinajstić information content (AvgIpc) is 3.44. The largest absolute Gasteiger partial charge is 0.462 e. The Morgan fingerprint density at radius 1 is 0.269 bits per heavy atom. The summed E-state index contributed by atoms with van der Waals surface area (Å²) in [6.07, 6.45) is 87.8. The van der Waals surface area contributed by atoms with Crippen molar-refractivity contribution in [1.29, 1.82) is 0 Å². The van der Waals surface area contributed by atoms with Crippen LogP contribution >= 0.6 is 0 Å². The molecule has 0 N–H and O–H groups in total. The standard InChI is InChI=1S/C72H126O6/c1-4-7-10-13-16-18-20-22-24-26-28-30-32-33-34-35-36-37-38-39-41-42-44-46-48-50-52-54-56-59-62-65-71(74)77-68-69(67-76-70(73)64-61-58-15-12-9-6-3)78-72(75)66-63-60-57-55-53-51-49-47-45-43-40-31-29-27-25-23-21-19-17-14-11-8-5-2/h7,10,16,18,21-24,27-30,40,43,69H,4-6,8-9,11-15,17,19-20,25-26,31-39,41-42,44-68H2,1-3H3/b10-7-,18-16-,23-21-,24-22-,29-27-,30-28-,43-40-. The second-order valence-corrected chi connectivity index (χ2v) is 22.4. The Morgan fingerprint density at radius 3 is 0.782 bits per heavy atom. The van der Waals surface area contributed by atoms with Gasteiger partial charge in [-0.2, -0.15) is 0 Å². The third-order valence-corrected chi connectivity index (χ3v) is 14.6. The molecule has 0 amide bonds. The fourth-order valence-corrected chi connectivity index (χ4v) is 9.62. The minimum Gasteiger partial charge on any atom is -0.462 e. The van der Waals surface area contributed by atoms with E-state index in [0.717, 1.165) is 103 Å². The van der Waals surface area contributed by atoms with Gasteiger partial charge in [-0.15, -0.1) is 0 Å². The van der Waals surface area contributed by atoms with Crippen LogP contribution in [0.5, 0.6) is 0 Å². The summed E-state index contributed by atoms with van der Waals surface area (Å²) < 4.78 is 16.8. The fraction of sp³-hybridized carbons (Fsp3) is 0.764. The quantitative estimate of drug-likeness (QED) is 0.0261. The van der Waals surface area contributed by atoms with Gasteiger partial charge in [0.05, 0.1) is 0 Å². The minimum absolute atomic E-state index is 0.0759. The summed E-state index contributed by atoms with van der Waals surface area (Å²) in [6.45, 7) is 6.48. The Hall–Kier alpha value is -3.41. The van der Waals surface area contributed by atoms with Gasteiger partial charge in [0.25, 0.3) is 0 Å². The van der Waals surface area contributed by atoms with Gasteiger partial charge < -0.3 is 14.2 Å². The molecule has 0 aliphatic rings. The second kappa shape index (κ2) is 66.1. The third kappa shape index (κ3) is 63.4. The van der Waals surface area contributed by atoms with E-state index in [2.05, 4.69) is 106 Å². The van der Waals surface area contributed by atoms with Crippen molar-refractivity contribution in [2.45, 2.75) is 341 Å². The van der Waals surface area contributed by atoms with Crippen molar-refractivity contribution in [2.24, 2.45) is 0 Å². The van der Waals surface area contributed by atoms with E-state index in [1.807, 2.05) is 0 Å². The van der Waals surface area contributed by atoms with E-state index in [1.165, 1.54) is 193 Å². The van der Waals surface area contributed by atoms with E-state index in [-0.39, 0.29) is 31.1 Å². The number of rotatable bonds is 61. The van der Waals surface area contributed by atoms with Crippen molar-refractivity contribution in [3.05, 3.63) is 85.1 Å². The number of hydrogen-bond acceptors (Lipinski definition) is 6. The first kappa shape index (κ1) is 74.6. The Balaban J connectivity index is 4.03. The highest BCUT2D eigenvalue weighted by atomic mass is 16.6.